The molecule has 2 amide bonds. The van der Waals surface area contributed by atoms with Gasteiger partial charge in [-0.25, -0.2) is 0 Å². The van der Waals surface area contributed by atoms with Crippen molar-refractivity contribution in [2.45, 2.75) is 65.5 Å². The molecular weight excluding hydrogens is 336 g/mol. The third-order valence-corrected chi connectivity index (χ3v) is 4.46. The van der Waals surface area contributed by atoms with Gasteiger partial charge in [-0.15, -0.1) is 0 Å². The van der Waals surface area contributed by atoms with Gasteiger partial charge in [-0.05, 0) is 39.5 Å². The predicted octanol–water partition coefficient (Wildman–Crippen LogP) is 1.44. The molecule has 0 atom stereocenters. The maximum absolute atomic E-state index is 12.1. The van der Waals surface area contributed by atoms with Gasteiger partial charge in [0.2, 0.25) is 11.8 Å². The van der Waals surface area contributed by atoms with Gasteiger partial charge < -0.3 is 20.1 Å². The van der Waals surface area contributed by atoms with Crippen LogP contribution in [0.1, 0.15) is 53.4 Å². The second-order valence-electron chi connectivity index (χ2n) is 7.43. The summed E-state index contributed by atoms with van der Waals surface area (Å²) in [7, 11) is 0. The zero-order valence-corrected chi connectivity index (χ0v) is 16.5. The molecule has 0 aliphatic heterocycles. The van der Waals surface area contributed by atoms with Crippen LogP contribution >= 0.6 is 0 Å². The van der Waals surface area contributed by atoms with Crippen molar-refractivity contribution < 1.29 is 23.9 Å². The smallest absolute Gasteiger partial charge is 0.246 e. The van der Waals surface area contributed by atoms with E-state index in [9.17, 15) is 14.4 Å². The molecule has 0 radical (unpaired) electrons. The zero-order valence-electron chi connectivity index (χ0n) is 16.5. The van der Waals surface area contributed by atoms with Crippen LogP contribution in [0, 0.1) is 11.8 Å². The van der Waals surface area contributed by atoms with Crippen LogP contribution in [0.3, 0.4) is 0 Å². The number of carbonyl (C=O) groups excluding carboxylic acids is 3. The van der Waals surface area contributed by atoms with Crippen molar-refractivity contribution in [2.24, 2.45) is 11.8 Å². The van der Waals surface area contributed by atoms with Gasteiger partial charge in [0, 0.05) is 17.9 Å². The Hall–Kier alpha value is -1.47. The summed E-state index contributed by atoms with van der Waals surface area (Å²) >= 11 is 0. The van der Waals surface area contributed by atoms with E-state index >= 15 is 0 Å². The summed E-state index contributed by atoms with van der Waals surface area (Å²) in [4.78, 5) is 35.6. The minimum absolute atomic E-state index is 0.0270. The molecule has 1 aliphatic rings. The van der Waals surface area contributed by atoms with Crippen molar-refractivity contribution in [1.29, 1.82) is 0 Å². The Morgan fingerprint density at radius 2 is 1.65 bits per heavy atom. The molecule has 0 saturated heterocycles. The average molecular weight is 370 g/mol. The zero-order chi connectivity index (χ0) is 19.5. The topological polar surface area (TPSA) is 93.7 Å². The molecule has 1 fully saturated rings. The summed E-state index contributed by atoms with van der Waals surface area (Å²) in [5, 5.41) is 5.68. The first-order valence-corrected chi connectivity index (χ1v) is 9.58. The molecule has 150 valence electrons. The number of carbonyl (C=O) groups is 3. The second-order valence-corrected chi connectivity index (χ2v) is 7.43. The fourth-order valence-corrected chi connectivity index (χ4v) is 2.80. The van der Waals surface area contributed by atoms with E-state index in [2.05, 4.69) is 10.6 Å². The fourth-order valence-electron chi connectivity index (χ4n) is 2.80. The molecule has 0 bridgehead atoms. The summed E-state index contributed by atoms with van der Waals surface area (Å²) in [5.41, 5.74) is 0. The number of hydrogen-bond acceptors (Lipinski definition) is 5. The molecule has 26 heavy (non-hydrogen) atoms. The van der Waals surface area contributed by atoms with Gasteiger partial charge in [-0.1, -0.05) is 13.8 Å². The number of ketones is 1. The van der Waals surface area contributed by atoms with Crippen LogP contribution in [0.5, 0.6) is 0 Å². The molecule has 0 aromatic heterocycles. The normalized spacial score (nSPS) is 20.2. The average Bonchev–Trinajstić information content (AvgIpc) is 2.59. The molecule has 0 heterocycles. The van der Waals surface area contributed by atoms with Gasteiger partial charge in [0.15, 0.2) is 5.78 Å². The number of amides is 2. The predicted molar refractivity (Wildman–Crippen MR) is 98.7 cm³/mol. The third kappa shape index (κ3) is 9.29. The highest BCUT2D eigenvalue weighted by Crippen LogP contribution is 2.24. The van der Waals surface area contributed by atoms with E-state index in [1.165, 1.54) is 0 Å². The summed E-state index contributed by atoms with van der Waals surface area (Å²) in [6.07, 6.45) is 3.12. The standard InChI is InChI=1S/C19H34N2O5/c1-13(2)17(22)11-20-19(24)15-5-7-16(8-6-15)21-18(23)12-25-9-10-26-14(3)4/h13-16H,5-12H2,1-4H3,(H,20,24)(H,21,23). The van der Waals surface area contributed by atoms with Gasteiger partial charge in [-0.2, -0.15) is 0 Å². The minimum atomic E-state index is -0.134. The molecule has 0 aromatic rings. The van der Waals surface area contributed by atoms with E-state index in [1.807, 2.05) is 27.7 Å². The highest BCUT2D eigenvalue weighted by molar-refractivity contribution is 5.88. The van der Waals surface area contributed by atoms with Crippen LogP contribution in [0.2, 0.25) is 0 Å². The lowest BCUT2D eigenvalue weighted by atomic mass is 9.85. The van der Waals surface area contributed by atoms with Crippen LogP contribution in [0.4, 0.5) is 0 Å². The quantitative estimate of drug-likeness (QED) is 0.537. The molecular formula is C19H34N2O5. The van der Waals surface area contributed by atoms with Gasteiger partial charge in [0.1, 0.15) is 6.61 Å². The first kappa shape index (κ1) is 22.6. The van der Waals surface area contributed by atoms with Crippen LogP contribution in [-0.2, 0) is 23.9 Å². The maximum Gasteiger partial charge on any atom is 0.246 e. The lowest BCUT2D eigenvalue weighted by molar-refractivity contribution is -0.130. The van der Waals surface area contributed by atoms with E-state index in [0.717, 1.165) is 25.7 Å². The highest BCUT2D eigenvalue weighted by atomic mass is 16.5. The van der Waals surface area contributed by atoms with Crippen molar-refractivity contribution in [3.63, 3.8) is 0 Å². The maximum atomic E-state index is 12.1. The Kier molecular flexibility index (Phi) is 10.4. The Balaban J connectivity index is 2.16. The Morgan fingerprint density at radius 3 is 2.23 bits per heavy atom. The van der Waals surface area contributed by atoms with Crippen LogP contribution in [0.15, 0.2) is 0 Å². The fraction of sp³-hybridized carbons (Fsp3) is 0.842. The SMILES string of the molecule is CC(C)OCCOCC(=O)NC1CCC(C(=O)NCC(=O)C(C)C)CC1. The molecule has 1 saturated carbocycles. The van der Waals surface area contributed by atoms with Gasteiger partial charge in [0.25, 0.3) is 0 Å². The molecule has 0 spiro atoms. The largest absolute Gasteiger partial charge is 0.376 e. The molecule has 1 aliphatic carbocycles. The Morgan fingerprint density at radius 1 is 1.00 bits per heavy atom. The first-order chi connectivity index (χ1) is 12.3. The molecule has 7 nitrogen and oxygen atoms in total. The minimum Gasteiger partial charge on any atom is -0.376 e. The second kappa shape index (κ2) is 12.0. The summed E-state index contributed by atoms with van der Waals surface area (Å²) in [6.45, 7) is 8.55. The number of nitrogens with one attached hydrogen (secondary N) is 2. The van der Waals surface area contributed by atoms with E-state index < -0.39 is 0 Å². The van der Waals surface area contributed by atoms with Crippen molar-refractivity contribution in [2.75, 3.05) is 26.4 Å². The van der Waals surface area contributed by atoms with Gasteiger partial charge in [0.05, 0.1) is 25.9 Å². The van der Waals surface area contributed by atoms with E-state index in [-0.39, 0.29) is 54.7 Å². The van der Waals surface area contributed by atoms with Crippen molar-refractivity contribution in [1.82, 2.24) is 10.6 Å². The lowest BCUT2D eigenvalue weighted by Gasteiger charge is -2.28. The number of Topliss-reactive ketones (excluding diaryl/α,β-unsaturated/α-hetero) is 1. The van der Waals surface area contributed by atoms with Crippen molar-refractivity contribution >= 4 is 17.6 Å². The monoisotopic (exact) mass is 370 g/mol. The Bertz CT molecular complexity index is 457. The summed E-state index contributed by atoms with van der Waals surface area (Å²) in [5.74, 6) is -0.298. The Labute approximate surface area is 156 Å². The van der Waals surface area contributed by atoms with Crippen LogP contribution in [0.25, 0.3) is 0 Å². The number of hydrogen-bond donors (Lipinski definition) is 2. The summed E-state index contributed by atoms with van der Waals surface area (Å²) < 4.78 is 10.6. The van der Waals surface area contributed by atoms with E-state index in [4.69, 9.17) is 9.47 Å². The first-order valence-electron chi connectivity index (χ1n) is 9.58. The highest BCUT2D eigenvalue weighted by Gasteiger charge is 2.27. The van der Waals surface area contributed by atoms with Gasteiger partial charge in [-0.3, -0.25) is 14.4 Å². The molecule has 0 unspecified atom stereocenters. The van der Waals surface area contributed by atoms with Crippen molar-refractivity contribution in [3.05, 3.63) is 0 Å². The molecule has 2 N–H and O–H groups in total. The molecule has 0 aromatic carbocycles. The van der Waals surface area contributed by atoms with Crippen LogP contribution in [-0.4, -0.2) is 56.1 Å². The molecule has 7 heteroatoms. The number of ether oxygens (including phenoxy) is 2. The molecule has 1 rings (SSSR count). The van der Waals surface area contributed by atoms with Gasteiger partial charge >= 0.3 is 0 Å². The summed E-state index contributed by atoms with van der Waals surface area (Å²) in [6, 6.07) is 0.0827. The number of rotatable bonds is 11. The van der Waals surface area contributed by atoms with E-state index in [0.29, 0.717) is 13.2 Å². The van der Waals surface area contributed by atoms with E-state index in [1.54, 1.807) is 0 Å². The van der Waals surface area contributed by atoms with Crippen molar-refractivity contribution in [3.8, 4) is 0 Å². The lowest BCUT2D eigenvalue weighted by Crippen LogP contribution is -2.43. The third-order valence-electron chi connectivity index (χ3n) is 4.46. The van der Waals surface area contributed by atoms with Crippen LogP contribution < -0.4 is 10.6 Å².